The lowest BCUT2D eigenvalue weighted by Gasteiger charge is -2.37. The summed E-state index contributed by atoms with van der Waals surface area (Å²) in [5.74, 6) is -0.343. The van der Waals surface area contributed by atoms with Crippen molar-refractivity contribution in [2.24, 2.45) is 5.92 Å². The Balaban J connectivity index is 1.98. The van der Waals surface area contributed by atoms with Crippen LogP contribution in [0.25, 0.3) is 11.1 Å². The van der Waals surface area contributed by atoms with Gasteiger partial charge in [-0.05, 0) is 44.5 Å². The molecule has 0 bridgehead atoms. The van der Waals surface area contributed by atoms with Crippen molar-refractivity contribution >= 4 is 17.8 Å². The molecule has 0 aliphatic carbocycles. The van der Waals surface area contributed by atoms with Crippen molar-refractivity contribution in [2.45, 2.75) is 45.9 Å². The van der Waals surface area contributed by atoms with Gasteiger partial charge in [-0.2, -0.15) is 0 Å². The Bertz CT molecular complexity index is 1150. The quantitative estimate of drug-likeness (QED) is 0.575. The fourth-order valence-electron chi connectivity index (χ4n) is 4.25. The molecule has 1 aliphatic rings. The van der Waals surface area contributed by atoms with Crippen molar-refractivity contribution in [3.8, 4) is 17.0 Å². The first-order valence-electron chi connectivity index (χ1n) is 12.8. The molecular weight excluding hydrogens is 486 g/mol. The van der Waals surface area contributed by atoms with Gasteiger partial charge in [0.05, 0.1) is 19.2 Å². The number of nitrogens with one attached hydrogen (secondary N) is 1. The summed E-state index contributed by atoms with van der Waals surface area (Å²) in [7, 11) is 5.10. The molecular formula is C28H39N5O5. The molecule has 1 aliphatic heterocycles. The van der Waals surface area contributed by atoms with E-state index in [0.29, 0.717) is 24.2 Å². The first-order valence-corrected chi connectivity index (χ1v) is 12.8. The van der Waals surface area contributed by atoms with Crippen LogP contribution in [-0.4, -0.2) is 102 Å². The number of ether oxygens (including phenoxy) is 1. The Labute approximate surface area is 224 Å². The average molecular weight is 526 g/mol. The first kappa shape index (κ1) is 28.9. The van der Waals surface area contributed by atoms with Crippen LogP contribution in [0.15, 0.2) is 36.5 Å². The van der Waals surface area contributed by atoms with E-state index in [-0.39, 0.29) is 47.9 Å². The summed E-state index contributed by atoms with van der Waals surface area (Å²) in [4.78, 5) is 47.7. The standard InChI is InChI=1S/C28H39N5O5/c1-17(2)30-28(37)32(7)15-24-18(3)14-33(19(4)16-34)27(36)23-12-22(13-29-25(23)38-24)20-8-10-21(11-9-20)26(35)31(5)6/h8-13,17-19,24,34H,14-16H2,1-7H3,(H,30,37)/t18-,19-,24+/m1/s1. The molecule has 3 atom stereocenters. The van der Waals surface area contributed by atoms with Crippen LogP contribution in [-0.2, 0) is 0 Å². The number of nitrogens with zero attached hydrogens (tertiary/aromatic N) is 4. The van der Waals surface area contributed by atoms with Gasteiger partial charge in [0, 0.05) is 57.0 Å². The SMILES string of the molecule is CC(C)NC(=O)N(C)C[C@@H]1Oc2ncc(-c3ccc(C(=O)N(C)C)cc3)cc2C(=O)N([C@H](C)CO)C[C@H]1C. The largest absolute Gasteiger partial charge is 0.472 e. The maximum absolute atomic E-state index is 13.7. The van der Waals surface area contributed by atoms with Gasteiger partial charge in [0.2, 0.25) is 5.88 Å². The molecule has 0 saturated carbocycles. The van der Waals surface area contributed by atoms with Gasteiger partial charge in [-0.1, -0.05) is 19.1 Å². The van der Waals surface area contributed by atoms with Crippen molar-refractivity contribution in [2.75, 3.05) is 40.8 Å². The molecule has 4 amide bonds. The molecule has 0 radical (unpaired) electrons. The highest BCUT2D eigenvalue weighted by Crippen LogP contribution is 2.30. The normalized spacial score (nSPS) is 18.1. The monoisotopic (exact) mass is 525 g/mol. The van der Waals surface area contributed by atoms with Gasteiger partial charge in [0.25, 0.3) is 11.8 Å². The highest BCUT2D eigenvalue weighted by atomic mass is 16.5. The maximum atomic E-state index is 13.7. The van der Waals surface area contributed by atoms with Gasteiger partial charge in [0.15, 0.2) is 0 Å². The molecule has 10 nitrogen and oxygen atoms in total. The molecule has 38 heavy (non-hydrogen) atoms. The summed E-state index contributed by atoms with van der Waals surface area (Å²) in [6.07, 6.45) is 1.19. The number of aromatic nitrogens is 1. The van der Waals surface area contributed by atoms with Crippen molar-refractivity contribution in [1.29, 1.82) is 0 Å². The Kier molecular flexibility index (Phi) is 9.32. The van der Waals surface area contributed by atoms with Crippen molar-refractivity contribution in [1.82, 2.24) is 25.0 Å². The number of benzene rings is 1. The Morgan fingerprint density at radius 2 is 1.82 bits per heavy atom. The summed E-state index contributed by atoms with van der Waals surface area (Å²) in [5, 5.41) is 12.8. The van der Waals surface area contributed by atoms with Crippen LogP contribution < -0.4 is 10.1 Å². The van der Waals surface area contributed by atoms with E-state index in [4.69, 9.17) is 4.74 Å². The zero-order valence-electron chi connectivity index (χ0n) is 23.3. The summed E-state index contributed by atoms with van der Waals surface area (Å²) in [6, 6.07) is 8.20. The second kappa shape index (κ2) is 12.3. The van der Waals surface area contributed by atoms with Crippen LogP contribution in [0.5, 0.6) is 5.88 Å². The summed E-state index contributed by atoms with van der Waals surface area (Å²) in [6.45, 7) is 7.98. The third kappa shape index (κ3) is 6.61. The fourth-order valence-corrected chi connectivity index (χ4v) is 4.25. The van der Waals surface area contributed by atoms with E-state index in [1.54, 1.807) is 62.3 Å². The number of carbonyl (C=O) groups is 3. The Morgan fingerprint density at radius 1 is 1.16 bits per heavy atom. The number of aliphatic hydroxyl groups is 1. The lowest BCUT2D eigenvalue weighted by molar-refractivity contribution is 0.0352. The molecule has 0 fully saturated rings. The number of carbonyl (C=O) groups excluding carboxylic acids is 3. The van der Waals surface area contributed by atoms with E-state index in [1.165, 1.54) is 4.90 Å². The van der Waals surface area contributed by atoms with Gasteiger partial charge >= 0.3 is 6.03 Å². The molecule has 2 heterocycles. The van der Waals surface area contributed by atoms with Crippen molar-refractivity contribution in [3.63, 3.8) is 0 Å². The molecule has 10 heteroatoms. The average Bonchev–Trinajstić information content (AvgIpc) is 2.89. The second-order valence-corrected chi connectivity index (χ2v) is 10.5. The number of rotatable bonds is 7. The van der Waals surface area contributed by atoms with Crippen LogP contribution in [0.1, 0.15) is 48.4 Å². The van der Waals surface area contributed by atoms with Gasteiger partial charge in [0.1, 0.15) is 11.7 Å². The number of urea groups is 1. The fraction of sp³-hybridized carbons (Fsp3) is 0.500. The molecule has 2 N–H and O–H groups in total. The minimum absolute atomic E-state index is 0.00461. The van der Waals surface area contributed by atoms with Crippen LogP contribution in [0.2, 0.25) is 0 Å². The summed E-state index contributed by atoms with van der Waals surface area (Å²) in [5.41, 5.74) is 2.33. The molecule has 0 unspecified atom stereocenters. The van der Waals surface area contributed by atoms with E-state index in [9.17, 15) is 19.5 Å². The van der Waals surface area contributed by atoms with Crippen LogP contribution in [0.3, 0.4) is 0 Å². The van der Waals surface area contributed by atoms with Gasteiger partial charge in [-0.15, -0.1) is 0 Å². The number of likely N-dealkylation sites (N-methyl/N-ethyl adjacent to an activating group) is 1. The molecule has 2 aromatic rings. The number of hydrogen-bond donors (Lipinski definition) is 2. The Morgan fingerprint density at radius 3 is 2.39 bits per heavy atom. The number of hydrogen-bond acceptors (Lipinski definition) is 6. The summed E-state index contributed by atoms with van der Waals surface area (Å²) >= 11 is 0. The number of fused-ring (bicyclic) bond motifs is 1. The summed E-state index contributed by atoms with van der Waals surface area (Å²) < 4.78 is 6.28. The minimum atomic E-state index is -0.437. The third-order valence-electron chi connectivity index (χ3n) is 6.61. The van der Waals surface area contributed by atoms with E-state index < -0.39 is 12.1 Å². The molecule has 3 rings (SSSR count). The lowest BCUT2D eigenvalue weighted by Crippen LogP contribution is -2.51. The van der Waals surface area contributed by atoms with E-state index >= 15 is 0 Å². The highest BCUT2D eigenvalue weighted by Gasteiger charge is 2.35. The van der Waals surface area contributed by atoms with Crippen LogP contribution in [0, 0.1) is 5.92 Å². The minimum Gasteiger partial charge on any atom is -0.472 e. The van der Waals surface area contributed by atoms with Gasteiger partial charge < -0.3 is 29.9 Å². The first-order chi connectivity index (χ1) is 17.9. The van der Waals surface area contributed by atoms with E-state index in [0.717, 1.165) is 5.56 Å². The maximum Gasteiger partial charge on any atom is 0.317 e. The topological polar surface area (TPSA) is 115 Å². The van der Waals surface area contributed by atoms with Crippen LogP contribution >= 0.6 is 0 Å². The van der Waals surface area contributed by atoms with Gasteiger partial charge in [-0.25, -0.2) is 9.78 Å². The highest BCUT2D eigenvalue weighted by molar-refractivity contribution is 5.98. The molecule has 1 aromatic carbocycles. The van der Waals surface area contributed by atoms with E-state index in [1.807, 2.05) is 32.9 Å². The van der Waals surface area contributed by atoms with E-state index in [2.05, 4.69) is 10.3 Å². The number of aliphatic hydroxyl groups excluding tert-OH is 1. The molecule has 0 saturated heterocycles. The third-order valence-corrected chi connectivity index (χ3v) is 6.61. The predicted molar refractivity (Wildman–Crippen MR) is 145 cm³/mol. The number of amides is 4. The predicted octanol–water partition coefficient (Wildman–Crippen LogP) is 2.72. The van der Waals surface area contributed by atoms with Gasteiger partial charge in [-0.3, -0.25) is 9.59 Å². The second-order valence-electron chi connectivity index (χ2n) is 10.5. The smallest absolute Gasteiger partial charge is 0.317 e. The van der Waals surface area contributed by atoms with Crippen molar-refractivity contribution in [3.05, 3.63) is 47.7 Å². The number of pyridine rings is 1. The van der Waals surface area contributed by atoms with Crippen LogP contribution in [0.4, 0.5) is 4.79 Å². The molecule has 0 spiro atoms. The Hall–Kier alpha value is -3.66. The molecule has 206 valence electrons. The lowest BCUT2D eigenvalue weighted by atomic mass is 9.99. The van der Waals surface area contributed by atoms with Crippen molar-refractivity contribution < 1.29 is 24.2 Å². The zero-order valence-corrected chi connectivity index (χ0v) is 23.3. The molecule has 1 aromatic heterocycles. The zero-order chi connectivity index (χ0) is 28.1.